The first kappa shape index (κ1) is 16.9. The highest BCUT2D eigenvalue weighted by molar-refractivity contribution is 7.92. The molecule has 6 nitrogen and oxygen atoms in total. The summed E-state index contributed by atoms with van der Waals surface area (Å²) in [6, 6.07) is 0. The van der Waals surface area contributed by atoms with Crippen molar-refractivity contribution < 1.29 is 17.9 Å². The lowest BCUT2D eigenvalue weighted by Gasteiger charge is -2.35. The molecule has 0 bridgehead atoms. The van der Waals surface area contributed by atoms with E-state index in [-0.39, 0.29) is 12.0 Å². The third kappa shape index (κ3) is 4.50. The zero-order valence-corrected chi connectivity index (χ0v) is 14.2. The fourth-order valence-corrected chi connectivity index (χ4v) is 3.60. The van der Waals surface area contributed by atoms with Crippen molar-refractivity contribution in [2.75, 3.05) is 19.6 Å². The van der Waals surface area contributed by atoms with Gasteiger partial charge in [-0.3, -0.25) is 4.31 Å². The molecule has 0 unspecified atom stereocenters. The Labute approximate surface area is 132 Å². The molecule has 1 amide bonds. The summed E-state index contributed by atoms with van der Waals surface area (Å²) in [7, 11) is -3.32. The lowest BCUT2D eigenvalue weighted by atomic mass is 9.97. The van der Waals surface area contributed by atoms with E-state index in [1.165, 1.54) is 15.8 Å². The van der Waals surface area contributed by atoms with Crippen molar-refractivity contribution in [3.05, 3.63) is 23.8 Å². The molecule has 0 aromatic heterocycles. The molecule has 2 aliphatic heterocycles. The van der Waals surface area contributed by atoms with Crippen LogP contribution in [-0.2, 0) is 14.8 Å². The smallest absolute Gasteiger partial charge is 0.410 e. The predicted octanol–water partition coefficient (Wildman–Crippen LogP) is 2.31. The zero-order chi connectivity index (χ0) is 16.4. The van der Waals surface area contributed by atoms with Crippen molar-refractivity contribution in [1.29, 1.82) is 0 Å². The fraction of sp³-hybridized carbons (Fsp3) is 0.667. The molecule has 0 radical (unpaired) electrons. The molecule has 1 saturated heterocycles. The number of hydrogen-bond donors (Lipinski definition) is 0. The average molecular weight is 328 g/mol. The molecular formula is C15H24N2O4S. The van der Waals surface area contributed by atoms with Crippen molar-refractivity contribution in [2.45, 2.75) is 39.2 Å². The lowest BCUT2D eigenvalue weighted by molar-refractivity contribution is 0.0180. The van der Waals surface area contributed by atoms with Crippen LogP contribution in [-0.4, -0.2) is 49.0 Å². The standard InChI is InChI=1S/C15H24N2O4S/c1-15(2,3)21-14(18)16-9-6-13(7-10-16)12-17-8-4-5-11-22(17,19)20/h4-5,8,11,13H,6-7,9-10,12H2,1-3H3. The highest BCUT2D eigenvalue weighted by Crippen LogP contribution is 2.23. The second-order valence-electron chi connectivity index (χ2n) is 6.70. The molecule has 0 spiro atoms. The third-order valence-electron chi connectivity index (χ3n) is 3.65. The molecule has 0 saturated carbocycles. The van der Waals surface area contributed by atoms with Gasteiger partial charge in [-0.2, -0.15) is 0 Å². The van der Waals surface area contributed by atoms with Gasteiger partial charge in [0.1, 0.15) is 5.60 Å². The quantitative estimate of drug-likeness (QED) is 0.780. The van der Waals surface area contributed by atoms with Crippen molar-refractivity contribution >= 4 is 16.1 Å². The highest BCUT2D eigenvalue weighted by atomic mass is 32.2. The second kappa shape index (κ2) is 6.32. The van der Waals surface area contributed by atoms with Crippen LogP contribution in [0.5, 0.6) is 0 Å². The van der Waals surface area contributed by atoms with Crippen LogP contribution >= 0.6 is 0 Å². The molecule has 2 rings (SSSR count). The van der Waals surface area contributed by atoms with Gasteiger partial charge in [-0.15, -0.1) is 0 Å². The molecule has 7 heteroatoms. The molecule has 124 valence electrons. The molecule has 0 aliphatic carbocycles. The number of amides is 1. The number of ether oxygens (including phenoxy) is 1. The Balaban J connectivity index is 1.84. The Hall–Kier alpha value is -1.50. The summed E-state index contributed by atoms with van der Waals surface area (Å²) >= 11 is 0. The van der Waals surface area contributed by atoms with Gasteiger partial charge in [0.15, 0.2) is 0 Å². The fourth-order valence-electron chi connectivity index (χ4n) is 2.50. The number of carbonyl (C=O) groups excluding carboxylic acids is 1. The number of rotatable bonds is 2. The van der Waals surface area contributed by atoms with Gasteiger partial charge >= 0.3 is 6.09 Å². The molecule has 2 heterocycles. The third-order valence-corrected chi connectivity index (χ3v) is 5.07. The number of sulfonamides is 1. The van der Waals surface area contributed by atoms with Crippen LogP contribution in [0.4, 0.5) is 4.79 Å². The maximum absolute atomic E-state index is 12.0. The van der Waals surface area contributed by atoms with Crippen LogP contribution < -0.4 is 0 Å². The minimum Gasteiger partial charge on any atom is -0.444 e. The van der Waals surface area contributed by atoms with E-state index in [9.17, 15) is 13.2 Å². The van der Waals surface area contributed by atoms with Crippen LogP contribution in [0.15, 0.2) is 23.8 Å². The number of nitrogens with zero attached hydrogens (tertiary/aromatic N) is 2. The van der Waals surface area contributed by atoms with Crippen LogP contribution in [0.1, 0.15) is 33.6 Å². The summed E-state index contributed by atoms with van der Waals surface area (Å²) in [5.74, 6) is 0.254. The van der Waals surface area contributed by atoms with Gasteiger partial charge in [0.05, 0.1) is 5.41 Å². The Morgan fingerprint density at radius 3 is 2.41 bits per heavy atom. The van der Waals surface area contributed by atoms with Crippen molar-refractivity contribution in [2.24, 2.45) is 5.92 Å². The number of piperidine rings is 1. The van der Waals surface area contributed by atoms with E-state index in [1.54, 1.807) is 17.2 Å². The first-order valence-electron chi connectivity index (χ1n) is 7.52. The first-order chi connectivity index (χ1) is 10.2. The van der Waals surface area contributed by atoms with Crippen LogP contribution in [0, 0.1) is 5.92 Å². The largest absolute Gasteiger partial charge is 0.444 e. The number of likely N-dealkylation sites (tertiary alicyclic amines) is 1. The Morgan fingerprint density at radius 2 is 1.86 bits per heavy atom. The Kier molecular flexibility index (Phi) is 4.84. The molecule has 1 fully saturated rings. The van der Waals surface area contributed by atoms with Crippen molar-refractivity contribution in [3.63, 3.8) is 0 Å². The minimum atomic E-state index is -3.32. The topological polar surface area (TPSA) is 66.9 Å². The van der Waals surface area contributed by atoms with Crippen LogP contribution in [0.3, 0.4) is 0 Å². The van der Waals surface area contributed by atoms with E-state index in [4.69, 9.17) is 4.74 Å². The predicted molar refractivity (Wildman–Crippen MR) is 84.4 cm³/mol. The molecule has 22 heavy (non-hydrogen) atoms. The molecule has 0 aromatic rings. The lowest BCUT2D eigenvalue weighted by Crippen LogP contribution is -2.43. The second-order valence-corrected chi connectivity index (χ2v) is 8.47. The summed E-state index contributed by atoms with van der Waals surface area (Å²) in [4.78, 5) is 13.7. The van der Waals surface area contributed by atoms with Crippen molar-refractivity contribution in [1.82, 2.24) is 9.21 Å². The van der Waals surface area contributed by atoms with E-state index >= 15 is 0 Å². The molecule has 2 aliphatic rings. The van der Waals surface area contributed by atoms with E-state index in [0.717, 1.165) is 12.8 Å². The summed E-state index contributed by atoms with van der Waals surface area (Å²) < 4.78 is 30.5. The maximum atomic E-state index is 12.0. The number of hydrogen-bond acceptors (Lipinski definition) is 4. The Bertz CT molecular complexity index is 567. The van der Waals surface area contributed by atoms with Crippen LogP contribution in [0.25, 0.3) is 0 Å². The monoisotopic (exact) mass is 328 g/mol. The molecule has 0 N–H and O–H groups in total. The van der Waals surface area contributed by atoms with E-state index in [2.05, 4.69) is 0 Å². The highest BCUT2D eigenvalue weighted by Gasteiger charge is 2.29. The molecule has 0 atom stereocenters. The minimum absolute atomic E-state index is 0.254. The van der Waals surface area contributed by atoms with E-state index in [0.29, 0.717) is 19.6 Å². The van der Waals surface area contributed by atoms with Gasteiger partial charge in [-0.25, -0.2) is 13.2 Å². The van der Waals surface area contributed by atoms with Gasteiger partial charge in [0, 0.05) is 25.8 Å². The normalized spacial score (nSPS) is 22.0. The van der Waals surface area contributed by atoms with Gasteiger partial charge in [0.2, 0.25) is 0 Å². The van der Waals surface area contributed by atoms with Gasteiger partial charge in [-0.05, 0) is 51.7 Å². The first-order valence-corrected chi connectivity index (χ1v) is 9.02. The van der Waals surface area contributed by atoms with Gasteiger partial charge in [0.25, 0.3) is 10.0 Å². The molecule has 0 aromatic carbocycles. The van der Waals surface area contributed by atoms with Gasteiger partial charge < -0.3 is 9.64 Å². The average Bonchev–Trinajstić information content (AvgIpc) is 2.40. The maximum Gasteiger partial charge on any atom is 0.410 e. The Morgan fingerprint density at radius 1 is 1.23 bits per heavy atom. The van der Waals surface area contributed by atoms with E-state index in [1.807, 2.05) is 20.8 Å². The zero-order valence-electron chi connectivity index (χ0n) is 13.4. The summed E-state index contributed by atoms with van der Waals surface area (Å²) in [5.41, 5.74) is -0.493. The summed E-state index contributed by atoms with van der Waals surface area (Å²) in [6.45, 7) is 7.21. The summed E-state index contributed by atoms with van der Waals surface area (Å²) in [5, 5.41) is 1.21. The van der Waals surface area contributed by atoms with Crippen LogP contribution in [0.2, 0.25) is 0 Å². The van der Waals surface area contributed by atoms with Gasteiger partial charge in [-0.1, -0.05) is 0 Å². The molecular weight excluding hydrogens is 304 g/mol. The number of carbonyl (C=O) groups is 1. The number of allylic oxidation sites excluding steroid dienone is 2. The van der Waals surface area contributed by atoms with E-state index < -0.39 is 15.6 Å². The summed E-state index contributed by atoms with van der Waals surface area (Å²) in [6.07, 6.45) is 6.11. The van der Waals surface area contributed by atoms with Crippen molar-refractivity contribution in [3.8, 4) is 0 Å². The SMILES string of the molecule is CC(C)(C)OC(=O)N1CCC(CN2C=CC=CS2(=O)=O)CC1.